The van der Waals surface area contributed by atoms with Crippen LogP contribution in [0.5, 0.6) is 0 Å². The Balaban J connectivity index is 3.01. The molecule has 1 unspecified atom stereocenters. The molecule has 0 heterocycles. The number of isocyanates is 1. The molecule has 0 fully saturated rings. The van der Waals surface area contributed by atoms with Gasteiger partial charge in [-0.25, -0.2) is 4.79 Å². The number of benzene rings is 1. The van der Waals surface area contributed by atoms with E-state index >= 15 is 0 Å². The van der Waals surface area contributed by atoms with Gasteiger partial charge in [0.1, 0.15) is 6.23 Å². The summed E-state index contributed by atoms with van der Waals surface area (Å²) in [5.74, 6) is 0. The number of hydrogen-bond acceptors (Lipinski definition) is 4. The molecule has 4 heteroatoms. The SMILES string of the molecule is Cc1ccc(N=C=O)cc1NC(C)O. The molecule has 1 rings (SSSR count). The summed E-state index contributed by atoms with van der Waals surface area (Å²) in [7, 11) is 0. The molecule has 0 aliphatic heterocycles. The Morgan fingerprint density at radius 3 is 2.86 bits per heavy atom. The quantitative estimate of drug-likeness (QED) is 0.435. The van der Waals surface area contributed by atoms with Crippen LogP contribution in [0.1, 0.15) is 12.5 Å². The maximum absolute atomic E-state index is 10.0. The van der Waals surface area contributed by atoms with Crippen molar-refractivity contribution in [3.63, 3.8) is 0 Å². The molecule has 1 aromatic carbocycles. The normalized spacial score (nSPS) is 11.6. The van der Waals surface area contributed by atoms with Crippen LogP contribution in [0.4, 0.5) is 11.4 Å². The van der Waals surface area contributed by atoms with Crippen LogP contribution >= 0.6 is 0 Å². The number of anilines is 1. The summed E-state index contributed by atoms with van der Waals surface area (Å²) in [6, 6.07) is 5.22. The lowest BCUT2D eigenvalue weighted by atomic mass is 10.2. The number of aliphatic hydroxyl groups excluding tert-OH is 1. The van der Waals surface area contributed by atoms with Gasteiger partial charge in [-0.1, -0.05) is 6.07 Å². The molecule has 0 amide bonds. The van der Waals surface area contributed by atoms with Crippen molar-refractivity contribution >= 4 is 17.5 Å². The van der Waals surface area contributed by atoms with Crippen LogP contribution < -0.4 is 5.32 Å². The molecule has 1 aromatic rings. The van der Waals surface area contributed by atoms with Crippen molar-refractivity contribution in [2.45, 2.75) is 20.1 Å². The zero-order chi connectivity index (χ0) is 10.6. The van der Waals surface area contributed by atoms with Crippen molar-refractivity contribution in [3.8, 4) is 0 Å². The lowest BCUT2D eigenvalue weighted by Crippen LogP contribution is -2.13. The van der Waals surface area contributed by atoms with E-state index in [4.69, 9.17) is 5.11 Å². The predicted molar refractivity (Wildman–Crippen MR) is 54.3 cm³/mol. The van der Waals surface area contributed by atoms with Gasteiger partial charge in [-0.2, -0.15) is 4.99 Å². The van der Waals surface area contributed by atoms with Crippen LogP contribution in [0.15, 0.2) is 23.2 Å². The zero-order valence-corrected chi connectivity index (χ0v) is 8.11. The molecular formula is C10H12N2O2. The largest absolute Gasteiger partial charge is 0.374 e. The molecule has 0 aliphatic rings. The Bertz CT molecular complexity index is 368. The number of carbonyl (C=O) groups excluding carboxylic acids is 1. The fraction of sp³-hybridized carbons (Fsp3) is 0.300. The maximum Gasteiger partial charge on any atom is 0.240 e. The first-order valence-corrected chi connectivity index (χ1v) is 4.26. The summed E-state index contributed by atoms with van der Waals surface area (Å²) in [6.45, 7) is 3.52. The summed E-state index contributed by atoms with van der Waals surface area (Å²) >= 11 is 0. The molecule has 2 N–H and O–H groups in total. The van der Waals surface area contributed by atoms with E-state index in [-0.39, 0.29) is 0 Å². The van der Waals surface area contributed by atoms with Crippen molar-refractivity contribution < 1.29 is 9.90 Å². The minimum Gasteiger partial charge on any atom is -0.374 e. The molecule has 0 radical (unpaired) electrons. The number of hydrogen-bond donors (Lipinski definition) is 2. The molecular weight excluding hydrogens is 180 g/mol. The second kappa shape index (κ2) is 4.56. The van der Waals surface area contributed by atoms with Crippen LogP contribution in [0.2, 0.25) is 0 Å². The number of aryl methyl sites for hydroxylation is 1. The Kier molecular flexibility index (Phi) is 3.40. The van der Waals surface area contributed by atoms with Gasteiger partial charge in [-0.05, 0) is 31.5 Å². The second-order valence-electron chi connectivity index (χ2n) is 3.02. The van der Waals surface area contributed by atoms with Gasteiger partial charge < -0.3 is 10.4 Å². The van der Waals surface area contributed by atoms with Crippen LogP contribution in [-0.4, -0.2) is 17.4 Å². The fourth-order valence-electron chi connectivity index (χ4n) is 1.11. The van der Waals surface area contributed by atoms with Crippen molar-refractivity contribution in [3.05, 3.63) is 23.8 Å². The third kappa shape index (κ3) is 2.69. The van der Waals surface area contributed by atoms with Gasteiger partial charge in [-0.15, -0.1) is 0 Å². The lowest BCUT2D eigenvalue weighted by Gasteiger charge is -2.11. The monoisotopic (exact) mass is 192 g/mol. The number of nitrogens with zero attached hydrogens (tertiary/aromatic N) is 1. The van der Waals surface area contributed by atoms with Crippen LogP contribution in [0, 0.1) is 6.92 Å². The van der Waals surface area contributed by atoms with E-state index in [1.807, 2.05) is 13.0 Å². The summed E-state index contributed by atoms with van der Waals surface area (Å²) in [5.41, 5.74) is 2.26. The molecule has 1 atom stereocenters. The Labute approximate surface area is 82.3 Å². The highest BCUT2D eigenvalue weighted by Crippen LogP contribution is 2.22. The van der Waals surface area contributed by atoms with E-state index in [9.17, 15) is 4.79 Å². The van der Waals surface area contributed by atoms with Crippen LogP contribution in [0.3, 0.4) is 0 Å². The first-order valence-electron chi connectivity index (χ1n) is 4.26. The van der Waals surface area contributed by atoms with E-state index < -0.39 is 6.23 Å². The first-order chi connectivity index (χ1) is 6.63. The van der Waals surface area contributed by atoms with Crippen molar-refractivity contribution in [2.24, 2.45) is 4.99 Å². The van der Waals surface area contributed by atoms with Gasteiger partial charge in [0.2, 0.25) is 6.08 Å². The van der Waals surface area contributed by atoms with E-state index in [1.54, 1.807) is 19.1 Å². The summed E-state index contributed by atoms with van der Waals surface area (Å²) in [6.07, 6.45) is 0.834. The van der Waals surface area contributed by atoms with Crippen LogP contribution in [-0.2, 0) is 4.79 Å². The Morgan fingerprint density at radius 1 is 1.57 bits per heavy atom. The molecule has 0 saturated carbocycles. The third-order valence-electron chi connectivity index (χ3n) is 1.76. The summed E-state index contributed by atoms with van der Waals surface area (Å²) in [5, 5.41) is 12.0. The van der Waals surface area contributed by atoms with E-state index in [1.165, 1.54) is 6.08 Å². The summed E-state index contributed by atoms with van der Waals surface area (Å²) in [4.78, 5) is 13.5. The predicted octanol–water partition coefficient (Wildman–Crippen LogP) is 1.71. The average molecular weight is 192 g/mol. The van der Waals surface area contributed by atoms with Gasteiger partial charge >= 0.3 is 0 Å². The van der Waals surface area contributed by atoms with Gasteiger partial charge in [0.05, 0.1) is 5.69 Å². The zero-order valence-electron chi connectivity index (χ0n) is 8.11. The van der Waals surface area contributed by atoms with Gasteiger partial charge in [0, 0.05) is 5.69 Å². The Morgan fingerprint density at radius 2 is 2.29 bits per heavy atom. The smallest absolute Gasteiger partial charge is 0.240 e. The molecule has 0 spiro atoms. The molecule has 0 aliphatic carbocycles. The minimum absolute atomic E-state index is 0.522. The van der Waals surface area contributed by atoms with Crippen molar-refractivity contribution in [1.29, 1.82) is 0 Å². The number of aliphatic hydroxyl groups is 1. The molecule has 0 aromatic heterocycles. The van der Waals surface area contributed by atoms with Crippen molar-refractivity contribution in [2.75, 3.05) is 5.32 Å². The average Bonchev–Trinajstić information content (AvgIpc) is 2.10. The molecule has 0 saturated heterocycles. The number of aliphatic imine (C=N–C) groups is 1. The number of nitrogens with one attached hydrogen (secondary N) is 1. The first kappa shape index (κ1) is 10.4. The standard InChI is InChI=1S/C10H12N2O2/c1-7-3-4-9(11-6-13)5-10(7)12-8(2)14/h3-5,8,12,14H,1-2H3. The number of rotatable bonds is 3. The molecule has 74 valence electrons. The second-order valence-corrected chi connectivity index (χ2v) is 3.02. The Hall–Kier alpha value is -1.64. The topological polar surface area (TPSA) is 61.7 Å². The maximum atomic E-state index is 10.0. The van der Waals surface area contributed by atoms with E-state index in [0.717, 1.165) is 11.3 Å². The molecule has 0 bridgehead atoms. The van der Waals surface area contributed by atoms with E-state index in [2.05, 4.69) is 10.3 Å². The van der Waals surface area contributed by atoms with Gasteiger partial charge in [0.25, 0.3) is 0 Å². The highest BCUT2D eigenvalue weighted by Gasteiger charge is 2.01. The highest BCUT2D eigenvalue weighted by molar-refractivity contribution is 5.61. The molecule has 14 heavy (non-hydrogen) atoms. The van der Waals surface area contributed by atoms with Gasteiger partial charge in [-0.3, -0.25) is 0 Å². The van der Waals surface area contributed by atoms with E-state index in [0.29, 0.717) is 5.69 Å². The third-order valence-corrected chi connectivity index (χ3v) is 1.76. The van der Waals surface area contributed by atoms with Crippen molar-refractivity contribution in [1.82, 2.24) is 0 Å². The minimum atomic E-state index is -0.635. The fourth-order valence-corrected chi connectivity index (χ4v) is 1.11. The summed E-state index contributed by atoms with van der Waals surface area (Å²) < 4.78 is 0. The van der Waals surface area contributed by atoms with Crippen LogP contribution in [0.25, 0.3) is 0 Å². The highest BCUT2D eigenvalue weighted by atomic mass is 16.3. The molecule has 4 nitrogen and oxygen atoms in total. The van der Waals surface area contributed by atoms with Gasteiger partial charge in [0.15, 0.2) is 0 Å². The lowest BCUT2D eigenvalue weighted by molar-refractivity contribution is 0.224.